The van der Waals surface area contributed by atoms with E-state index in [1.807, 2.05) is 13.8 Å². The van der Waals surface area contributed by atoms with Gasteiger partial charge in [0.05, 0.1) is 19.1 Å². The van der Waals surface area contributed by atoms with Gasteiger partial charge in [0.25, 0.3) is 0 Å². The number of amides is 1. The fourth-order valence-corrected chi connectivity index (χ4v) is 4.62. The van der Waals surface area contributed by atoms with Crippen LogP contribution in [0.3, 0.4) is 0 Å². The maximum absolute atomic E-state index is 12.4. The molecule has 1 N–H and O–H groups in total. The molecule has 0 aliphatic carbocycles. The van der Waals surface area contributed by atoms with Crippen LogP contribution in [0.1, 0.15) is 12.5 Å². The smallest absolute Gasteiger partial charge is 0.246 e. The zero-order chi connectivity index (χ0) is 19.3. The first-order valence-electron chi connectivity index (χ1n) is 7.63. The van der Waals surface area contributed by atoms with E-state index in [-0.39, 0.29) is 0 Å². The lowest BCUT2D eigenvalue weighted by atomic mass is 10.2. The van der Waals surface area contributed by atoms with E-state index in [4.69, 9.17) is 4.74 Å². The van der Waals surface area contributed by atoms with Gasteiger partial charge in [-0.25, -0.2) is 8.42 Å². The Balaban J connectivity index is 2.23. The van der Waals surface area contributed by atoms with Crippen LogP contribution in [0.25, 0.3) is 0 Å². The fourth-order valence-electron chi connectivity index (χ4n) is 2.11. The second-order valence-electron chi connectivity index (χ2n) is 5.30. The molecule has 26 heavy (non-hydrogen) atoms. The molecule has 0 unspecified atom stereocenters. The first-order chi connectivity index (χ1) is 12.2. The maximum Gasteiger partial charge on any atom is 0.246 e. The van der Waals surface area contributed by atoms with Crippen molar-refractivity contribution in [2.75, 3.05) is 35.3 Å². The molecule has 1 amide bonds. The van der Waals surface area contributed by atoms with Crippen molar-refractivity contribution in [3.8, 4) is 5.75 Å². The Morgan fingerprint density at radius 1 is 1.38 bits per heavy atom. The summed E-state index contributed by atoms with van der Waals surface area (Å²) in [5, 5.41) is 10.8. The van der Waals surface area contributed by atoms with Gasteiger partial charge >= 0.3 is 0 Å². The van der Waals surface area contributed by atoms with Gasteiger partial charge in [-0.2, -0.15) is 0 Å². The van der Waals surface area contributed by atoms with Crippen molar-refractivity contribution >= 4 is 49.8 Å². The van der Waals surface area contributed by atoms with Crippen LogP contribution in [-0.4, -0.2) is 50.2 Å². The van der Waals surface area contributed by atoms with E-state index < -0.39 is 22.5 Å². The average Bonchev–Trinajstić information content (AvgIpc) is 2.99. The number of methoxy groups -OCH3 is 1. The van der Waals surface area contributed by atoms with Crippen LogP contribution in [0.5, 0.6) is 5.75 Å². The molecule has 11 heteroatoms. The summed E-state index contributed by atoms with van der Waals surface area (Å²) in [4.78, 5) is 12.4. The molecule has 0 spiro atoms. The molecule has 0 fully saturated rings. The summed E-state index contributed by atoms with van der Waals surface area (Å²) in [6.45, 7) is 3.43. The lowest BCUT2D eigenvalue weighted by Gasteiger charge is -2.23. The molecule has 0 saturated carbocycles. The summed E-state index contributed by atoms with van der Waals surface area (Å²) >= 11 is 2.76. The summed E-state index contributed by atoms with van der Waals surface area (Å²) in [7, 11) is -2.26. The number of sulfonamides is 1. The Morgan fingerprint density at radius 2 is 2.12 bits per heavy atom. The third-order valence-corrected chi connectivity index (χ3v) is 6.19. The highest BCUT2D eigenvalue weighted by Crippen LogP contribution is 2.31. The predicted octanol–water partition coefficient (Wildman–Crippen LogP) is 2.37. The number of aryl methyl sites for hydroxylation is 1. The summed E-state index contributed by atoms with van der Waals surface area (Å²) in [5.74, 6) is 0.701. The van der Waals surface area contributed by atoms with Crippen molar-refractivity contribution in [2.24, 2.45) is 0 Å². The first kappa shape index (κ1) is 20.5. The van der Waals surface area contributed by atoms with Gasteiger partial charge in [0.1, 0.15) is 12.3 Å². The normalized spacial score (nSPS) is 11.2. The van der Waals surface area contributed by atoms with Crippen LogP contribution in [0, 0.1) is 6.92 Å². The number of nitrogens with zero attached hydrogens (tertiary/aromatic N) is 3. The molecule has 142 valence electrons. The fraction of sp³-hybridized carbons (Fsp3) is 0.400. The van der Waals surface area contributed by atoms with Gasteiger partial charge in [-0.3, -0.25) is 14.4 Å². The Hall–Kier alpha value is -1.85. The molecule has 2 rings (SSSR count). The van der Waals surface area contributed by atoms with Gasteiger partial charge in [-0.1, -0.05) is 36.1 Å². The number of benzene rings is 1. The number of anilines is 2. The number of hydrogen-bond acceptors (Lipinski definition) is 8. The van der Waals surface area contributed by atoms with Crippen LogP contribution in [0.15, 0.2) is 22.5 Å². The number of hydrogen-bond donors (Lipinski definition) is 1. The zero-order valence-corrected chi connectivity index (χ0v) is 17.3. The number of carbonyl (C=O) groups is 1. The minimum Gasteiger partial charge on any atom is -0.495 e. The van der Waals surface area contributed by atoms with Gasteiger partial charge in [-0.05, 0) is 30.4 Å². The largest absolute Gasteiger partial charge is 0.495 e. The van der Waals surface area contributed by atoms with Crippen LogP contribution in [0.2, 0.25) is 0 Å². The van der Waals surface area contributed by atoms with E-state index in [0.29, 0.717) is 16.6 Å². The third kappa shape index (κ3) is 5.32. The van der Waals surface area contributed by atoms with E-state index in [1.54, 1.807) is 18.2 Å². The second-order valence-corrected chi connectivity index (χ2v) is 9.69. The molecular weight excluding hydrogens is 396 g/mol. The molecule has 0 radical (unpaired) electrons. The van der Waals surface area contributed by atoms with Crippen LogP contribution in [-0.2, 0) is 14.8 Å². The Labute approximate surface area is 161 Å². The van der Waals surface area contributed by atoms with Crippen LogP contribution >= 0.6 is 23.1 Å². The minimum absolute atomic E-state index is 0.310. The molecule has 0 bridgehead atoms. The van der Waals surface area contributed by atoms with E-state index in [2.05, 4.69) is 15.5 Å². The molecule has 8 nitrogen and oxygen atoms in total. The summed E-state index contributed by atoms with van der Waals surface area (Å²) < 4.78 is 31.5. The van der Waals surface area contributed by atoms with E-state index in [9.17, 15) is 13.2 Å². The number of thioether (sulfide) groups is 1. The number of aromatic nitrogens is 2. The van der Waals surface area contributed by atoms with Gasteiger partial charge in [0.2, 0.25) is 21.1 Å². The van der Waals surface area contributed by atoms with E-state index in [1.165, 1.54) is 30.2 Å². The highest BCUT2D eigenvalue weighted by atomic mass is 32.2. The Morgan fingerprint density at radius 3 is 2.73 bits per heavy atom. The molecule has 2 aromatic rings. The van der Waals surface area contributed by atoms with Crippen molar-refractivity contribution in [1.29, 1.82) is 0 Å². The molecule has 1 heterocycles. The molecule has 1 aromatic carbocycles. The molecule has 0 aliphatic heterocycles. The zero-order valence-electron chi connectivity index (χ0n) is 14.8. The number of ether oxygens (including phenoxy) is 1. The van der Waals surface area contributed by atoms with Gasteiger partial charge in [0, 0.05) is 0 Å². The van der Waals surface area contributed by atoms with Crippen molar-refractivity contribution < 1.29 is 17.9 Å². The quantitative estimate of drug-likeness (QED) is 0.521. The highest BCUT2D eigenvalue weighted by Gasteiger charge is 2.24. The van der Waals surface area contributed by atoms with Crippen molar-refractivity contribution in [1.82, 2.24) is 10.2 Å². The second kappa shape index (κ2) is 8.69. The van der Waals surface area contributed by atoms with Crippen molar-refractivity contribution in [3.05, 3.63) is 23.8 Å². The monoisotopic (exact) mass is 416 g/mol. The van der Waals surface area contributed by atoms with Crippen LogP contribution < -0.4 is 14.4 Å². The van der Waals surface area contributed by atoms with E-state index >= 15 is 0 Å². The van der Waals surface area contributed by atoms with Crippen molar-refractivity contribution in [2.45, 2.75) is 18.2 Å². The van der Waals surface area contributed by atoms with Crippen molar-refractivity contribution in [3.63, 3.8) is 0 Å². The maximum atomic E-state index is 12.4. The summed E-state index contributed by atoms with van der Waals surface area (Å²) in [6, 6.07) is 5.13. The molecule has 0 aliphatic rings. The van der Waals surface area contributed by atoms with Gasteiger partial charge in [-0.15, -0.1) is 10.2 Å². The highest BCUT2D eigenvalue weighted by molar-refractivity contribution is 8.01. The number of nitrogens with one attached hydrogen (secondary N) is 1. The molecule has 0 saturated heterocycles. The molecule has 0 atom stereocenters. The first-order valence-corrected chi connectivity index (χ1v) is 11.3. The van der Waals surface area contributed by atoms with Gasteiger partial charge in [0.15, 0.2) is 4.34 Å². The standard InChI is InChI=1S/C15H20N4O4S3/c1-5-24-15-18-17-14(25-15)16-13(20)9-19(26(4,21)22)11-8-10(2)6-7-12(11)23-3/h6-8H,5,9H2,1-4H3,(H,16,17,20). The third-order valence-electron chi connectivity index (χ3n) is 3.21. The Kier molecular flexibility index (Phi) is 6.84. The number of carbonyl (C=O) groups excluding carboxylic acids is 1. The van der Waals surface area contributed by atoms with Crippen LogP contribution in [0.4, 0.5) is 10.8 Å². The summed E-state index contributed by atoms with van der Waals surface area (Å²) in [5.41, 5.74) is 1.16. The molecular formula is C15H20N4O4S3. The summed E-state index contributed by atoms with van der Waals surface area (Å²) in [6.07, 6.45) is 1.04. The number of rotatable bonds is 8. The SMILES string of the molecule is CCSc1nnc(NC(=O)CN(c2cc(C)ccc2OC)S(C)(=O)=O)s1. The average molecular weight is 417 g/mol. The minimum atomic E-state index is -3.70. The lowest BCUT2D eigenvalue weighted by molar-refractivity contribution is -0.114. The predicted molar refractivity (Wildman–Crippen MR) is 105 cm³/mol. The lowest BCUT2D eigenvalue weighted by Crippen LogP contribution is -2.37. The van der Waals surface area contributed by atoms with E-state index in [0.717, 1.165) is 26.2 Å². The Bertz CT molecular complexity index is 883. The van der Waals surface area contributed by atoms with Gasteiger partial charge < -0.3 is 4.74 Å². The topological polar surface area (TPSA) is 101 Å². The molecule has 1 aromatic heterocycles.